The van der Waals surface area contributed by atoms with Gasteiger partial charge >= 0.3 is 0 Å². The van der Waals surface area contributed by atoms with Crippen LogP contribution < -0.4 is 11.1 Å². The third kappa shape index (κ3) is 3.18. The van der Waals surface area contributed by atoms with Crippen molar-refractivity contribution in [2.24, 2.45) is 22.7 Å². The second-order valence-corrected chi connectivity index (χ2v) is 4.45. The molecule has 0 amide bonds. The lowest BCUT2D eigenvalue weighted by molar-refractivity contribution is 0.313. The number of rotatable bonds is 4. The second kappa shape index (κ2) is 5.20. The predicted octanol–water partition coefficient (Wildman–Crippen LogP) is 1.15. The molecule has 0 bridgehead atoms. The van der Waals surface area contributed by atoms with Gasteiger partial charge in [0.05, 0.1) is 0 Å². The van der Waals surface area contributed by atoms with Crippen LogP contribution in [0.15, 0.2) is 5.16 Å². The van der Waals surface area contributed by atoms with Crippen LogP contribution in [0.25, 0.3) is 0 Å². The van der Waals surface area contributed by atoms with Gasteiger partial charge in [-0.2, -0.15) is 0 Å². The van der Waals surface area contributed by atoms with Gasteiger partial charge in [0.15, 0.2) is 0 Å². The van der Waals surface area contributed by atoms with E-state index in [2.05, 4.69) is 17.4 Å². The van der Waals surface area contributed by atoms with E-state index in [0.717, 1.165) is 12.5 Å². The van der Waals surface area contributed by atoms with Crippen molar-refractivity contribution < 1.29 is 5.21 Å². The summed E-state index contributed by atoms with van der Waals surface area (Å²) in [5.74, 6) is 1.26. The number of oxime groups is 1. The van der Waals surface area contributed by atoms with Gasteiger partial charge in [0.1, 0.15) is 5.84 Å². The van der Waals surface area contributed by atoms with Crippen molar-refractivity contribution in [1.82, 2.24) is 5.32 Å². The van der Waals surface area contributed by atoms with Crippen molar-refractivity contribution in [3.63, 3.8) is 0 Å². The zero-order chi connectivity index (χ0) is 10.6. The number of hydrogen-bond acceptors (Lipinski definition) is 3. The van der Waals surface area contributed by atoms with Gasteiger partial charge in [-0.15, -0.1) is 0 Å². The molecule has 4 N–H and O–H groups in total. The molecule has 0 radical (unpaired) electrons. The zero-order valence-corrected chi connectivity index (χ0v) is 9.03. The predicted molar refractivity (Wildman–Crippen MR) is 57.4 cm³/mol. The van der Waals surface area contributed by atoms with Gasteiger partial charge in [-0.25, -0.2) is 0 Å². The molecule has 0 aromatic carbocycles. The molecule has 0 aromatic heterocycles. The molecule has 1 rings (SSSR count). The molecule has 1 fully saturated rings. The van der Waals surface area contributed by atoms with Crippen LogP contribution in [0.5, 0.6) is 0 Å². The van der Waals surface area contributed by atoms with Crippen molar-refractivity contribution in [1.29, 1.82) is 0 Å². The van der Waals surface area contributed by atoms with Crippen molar-refractivity contribution in [2.45, 2.75) is 39.2 Å². The average molecular weight is 199 g/mol. The Labute approximate surface area is 85.6 Å². The first-order chi connectivity index (χ1) is 6.63. The minimum absolute atomic E-state index is 0.107. The fourth-order valence-electron chi connectivity index (χ4n) is 1.94. The zero-order valence-electron chi connectivity index (χ0n) is 9.03. The SMILES string of the molecule is CC1CCC(NCC(C)C(N)=NO)C1. The molecule has 1 aliphatic carbocycles. The summed E-state index contributed by atoms with van der Waals surface area (Å²) in [4.78, 5) is 0. The summed E-state index contributed by atoms with van der Waals surface area (Å²) in [5.41, 5.74) is 5.49. The molecule has 1 saturated carbocycles. The molecule has 14 heavy (non-hydrogen) atoms. The summed E-state index contributed by atoms with van der Waals surface area (Å²) in [6.07, 6.45) is 3.82. The largest absolute Gasteiger partial charge is 0.409 e. The number of amidine groups is 1. The lowest BCUT2D eigenvalue weighted by atomic mass is 10.1. The molecule has 4 nitrogen and oxygen atoms in total. The second-order valence-electron chi connectivity index (χ2n) is 4.45. The van der Waals surface area contributed by atoms with Gasteiger partial charge in [-0.1, -0.05) is 19.0 Å². The van der Waals surface area contributed by atoms with E-state index in [-0.39, 0.29) is 5.92 Å². The molecule has 0 saturated heterocycles. The maximum atomic E-state index is 8.47. The first-order valence-electron chi connectivity index (χ1n) is 5.34. The van der Waals surface area contributed by atoms with Gasteiger partial charge in [-0.3, -0.25) is 0 Å². The summed E-state index contributed by atoms with van der Waals surface area (Å²) >= 11 is 0. The highest BCUT2D eigenvalue weighted by Crippen LogP contribution is 2.24. The Kier molecular flexibility index (Phi) is 4.20. The van der Waals surface area contributed by atoms with E-state index in [1.165, 1.54) is 19.3 Å². The van der Waals surface area contributed by atoms with Gasteiger partial charge in [0.2, 0.25) is 0 Å². The van der Waals surface area contributed by atoms with E-state index in [4.69, 9.17) is 10.9 Å². The smallest absolute Gasteiger partial charge is 0.143 e. The third-order valence-corrected chi connectivity index (χ3v) is 3.03. The first-order valence-corrected chi connectivity index (χ1v) is 5.34. The van der Waals surface area contributed by atoms with Crippen LogP contribution in [0, 0.1) is 11.8 Å². The Morgan fingerprint density at radius 2 is 2.36 bits per heavy atom. The Morgan fingerprint density at radius 3 is 2.86 bits per heavy atom. The third-order valence-electron chi connectivity index (χ3n) is 3.03. The molecule has 3 unspecified atom stereocenters. The Balaban J connectivity index is 2.20. The molecule has 4 heteroatoms. The van der Waals surface area contributed by atoms with Gasteiger partial charge < -0.3 is 16.3 Å². The molecule has 82 valence electrons. The summed E-state index contributed by atoms with van der Waals surface area (Å²) < 4.78 is 0. The Hall–Kier alpha value is -0.770. The molecular formula is C10H21N3O. The van der Waals surface area contributed by atoms with Gasteiger partial charge in [0, 0.05) is 18.5 Å². The Morgan fingerprint density at radius 1 is 1.64 bits per heavy atom. The molecular weight excluding hydrogens is 178 g/mol. The number of nitrogens with one attached hydrogen (secondary N) is 1. The Bertz CT molecular complexity index is 206. The number of nitrogens with two attached hydrogens (primary N) is 1. The minimum atomic E-state index is 0.107. The van der Waals surface area contributed by atoms with Crippen LogP contribution in [0.1, 0.15) is 33.1 Å². The van der Waals surface area contributed by atoms with E-state index in [9.17, 15) is 0 Å². The summed E-state index contributed by atoms with van der Waals surface area (Å²) in [6.45, 7) is 5.04. The molecule has 0 aliphatic heterocycles. The first kappa shape index (κ1) is 11.3. The van der Waals surface area contributed by atoms with Crippen molar-refractivity contribution in [2.75, 3.05) is 6.54 Å². The fourth-order valence-corrected chi connectivity index (χ4v) is 1.94. The molecule has 0 heterocycles. The molecule has 1 aliphatic rings. The molecule has 3 atom stereocenters. The van der Waals surface area contributed by atoms with Crippen LogP contribution in [0.2, 0.25) is 0 Å². The lowest BCUT2D eigenvalue weighted by Gasteiger charge is -2.15. The highest BCUT2D eigenvalue weighted by atomic mass is 16.4. The fraction of sp³-hybridized carbons (Fsp3) is 0.900. The van der Waals surface area contributed by atoms with Crippen molar-refractivity contribution in [3.8, 4) is 0 Å². The van der Waals surface area contributed by atoms with E-state index in [1.807, 2.05) is 6.92 Å². The summed E-state index contributed by atoms with van der Waals surface area (Å²) in [7, 11) is 0. The van der Waals surface area contributed by atoms with Crippen molar-refractivity contribution >= 4 is 5.84 Å². The standard InChI is InChI=1S/C10H21N3O/c1-7-3-4-9(5-7)12-6-8(2)10(11)13-14/h7-9,12,14H,3-6H2,1-2H3,(H2,11,13). The van der Waals surface area contributed by atoms with Gasteiger partial charge in [0.25, 0.3) is 0 Å². The number of hydrogen-bond donors (Lipinski definition) is 3. The van der Waals surface area contributed by atoms with Crippen LogP contribution >= 0.6 is 0 Å². The summed E-state index contributed by atoms with van der Waals surface area (Å²) in [5, 5.41) is 14.9. The van der Waals surface area contributed by atoms with Gasteiger partial charge in [-0.05, 0) is 25.2 Å². The van der Waals surface area contributed by atoms with E-state index >= 15 is 0 Å². The highest BCUT2D eigenvalue weighted by molar-refractivity contribution is 5.82. The van der Waals surface area contributed by atoms with E-state index < -0.39 is 0 Å². The minimum Gasteiger partial charge on any atom is -0.409 e. The molecule has 0 aromatic rings. The highest BCUT2D eigenvalue weighted by Gasteiger charge is 2.21. The van der Waals surface area contributed by atoms with E-state index in [1.54, 1.807) is 0 Å². The molecule has 0 spiro atoms. The average Bonchev–Trinajstić information content (AvgIpc) is 2.59. The van der Waals surface area contributed by atoms with Crippen molar-refractivity contribution in [3.05, 3.63) is 0 Å². The number of nitrogens with zero attached hydrogens (tertiary/aromatic N) is 1. The van der Waals surface area contributed by atoms with Crippen LogP contribution in [-0.2, 0) is 0 Å². The van der Waals surface area contributed by atoms with Crippen LogP contribution in [-0.4, -0.2) is 23.6 Å². The maximum absolute atomic E-state index is 8.47. The topological polar surface area (TPSA) is 70.6 Å². The summed E-state index contributed by atoms with van der Waals surface area (Å²) in [6, 6.07) is 0.624. The normalized spacial score (nSPS) is 30.6. The quantitative estimate of drug-likeness (QED) is 0.275. The maximum Gasteiger partial charge on any atom is 0.143 e. The monoisotopic (exact) mass is 199 g/mol. The van der Waals surface area contributed by atoms with Crippen LogP contribution in [0.4, 0.5) is 0 Å². The lowest BCUT2D eigenvalue weighted by Crippen LogP contribution is -2.36. The van der Waals surface area contributed by atoms with E-state index in [0.29, 0.717) is 11.9 Å². The van der Waals surface area contributed by atoms with Crippen LogP contribution in [0.3, 0.4) is 0 Å².